The first-order valence-electron chi connectivity index (χ1n) is 5.89. The predicted octanol–water partition coefficient (Wildman–Crippen LogP) is 1.14. The van der Waals surface area contributed by atoms with Gasteiger partial charge in [-0.1, -0.05) is 29.8 Å². The van der Waals surface area contributed by atoms with Crippen LogP contribution in [0.5, 0.6) is 0 Å². The molecule has 1 atom stereocenters. The minimum atomic E-state index is -3.13. The van der Waals surface area contributed by atoms with Gasteiger partial charge in [0.15, 0.2) is 9.84 Å². The smallest absolute Gasteiger partial charge is 0.156 e. The third kappa shape index (κ3) is 5.16. The first kappa shape index (κ1) is 15.1. The lowest BCUT2D eigenvalue weighted by Crippen LogP contribution is -2.37. The first-order chi connectivity index (χ1) is 8.46. The average Bonchev–Trinajstić information content (AvgIpc) is 2.27. The number of methoxy groups -OCH3 is 1. The maximum atomic E-state index is 12.1. The molecule has 0 saturated heterocycles. The van der Waals surface area contributed by atoms with Gasteiger partial charge in [-0.3, -0.25) is 0 Å². The van der Waals surface area contributed by atoms with Crippen LogP contribution in [0.3, 0.4) is 0 Å². The van der Waals surface area contributed by atoms with E-state index in [1.165, 1.54) is 0 Å². The molecule has 1 rings (SSSR count). The van der Waals surface area contributed by atoms with Crippen LogP contribution < -0.4 is 5.32 Å². The third-order valence-corrected chi connectivity index (χ3v) is 4.38. The summed E-state index contributed by atoms with van der Waals surface area (Å²) < 4.78 is 29.1. The largest absolute Gasteiger partial charge is 0.383 e. The number of hydrogen-bond acceptors (Lipinski definition) is 4. The van der Waals surface area contributed by atoms with Gasteiger partial charge < -0.3 is 10.1 Å². The minimum absolute atomic E-state index is 0.0799. The fourth-order valence-corrected chi connectivity index (χ4v) is 3.52. The molecular formula is C13H21NO3S. The quantitative estimate of drug-likeness (QED) is 0.808. The second-order valence-electron chi connectivity index (χ2n) is 4.48. The molecule has 0 aromatic heterocycles. The van der Waals surface area contributed by atoms with Crippen molar-refractivity contribution in [3.8, 4) is 0 Å². The Labute approximate surface area is 109 Å². The molecular weight excluding hydrogens is 250 g/mol. The summed E-state index contributed by atoms with van der Waals surface area (Å²) in [6, 6.07) is 7.42. The molecule has 0 amide bonds. The Morgan fingerprint density at radius 2 is 2.11 bits per heavy atom. The molecule has 18 heavy (non-hydrogen) atoms. The van der Waals surface area contributed by atoms with E-state index in [2.05, 4.69) is 5.32 Å². The summed E-state index contributed by atoms with van der Waals surface area (Å²) in [5, 5.41) is 2.95. The van der Waals surface area contributed by atoms with Crippen molar-refractivity contribution in [2.24, 2.45) is 0 Å². The highest BCUT2D eigenvalue weighted by Gasteiger charge is 2.18. The van der Waals surface area contributed by atoms with Crippen LogP contribution in [0.4, 0.5) is 0 Å². The molecule has 0 spiro atoms. The maximum absolute atomic E-state index is 12.1. The molecule has 1 aromatic rings. The topological polar surface area (TPSA) is 55.4 Å². The molecule has 5 heteroatoms. The minimum Gasteiger partial charge on any atom is -0.383 e. The van der Waals surface area contributed by atoms with Gasteiger partial charge in [0, 0.05) is 13.2 Å². The van der Waals surface area contributed by atoms with Crippen LogP contribution in [0.2, 0.25) is 0 Å². The summed E-state index contributed by atoms with van der Waals surface area (Å²) in [6.07, 6.45) is 0. The molecule has 0 aliphatic heterocycles. The highest BCUT2D eigenvalue weighted by Crippen LogP contribution is 2.10. The number of ether oxygens (including phenoxy) is 1. The van der Waals surface area contributed by atoms with Crippen molar-refractivity contribution < 1.29 is 13.2 Å². The van der Waals surface area contributed by atoms with Crippen LogP contribution in [0.15, 0.2) is 24.3 Å². The average molecular weight is 271 g/mol. The SMILES string of the molecule is CNC(COC)CS(=O)(=O)Cc1cccc(C)c1. The summed E-state index contributed by atoms with van der Waals surface area (Å²) in [5.41, 5.74) is 1.91. The molecule has 4 nitrogen and oxygen atoms in total. The van der Waals surface area contributed by atoms with Crippen LogP contribution in [-0.4, -0.2) is 41.0 Å². The Balaban J connectivity index is 2.70. The molecule has 0 heterocycles. The van der Waals surface area contributed by atoms with Gasteiger partial charge in [-0.05, 0) is 19.5 Å². The number of likely N-dealkylation sites (N-methyl/N-ethyl adjacent to an activating group) is 1. The van der Waals surface area contributed by atoms with E-state index >= 15 is 0 Å². The Morgan fingerprint density at radius 3 is 2.67 bits per heavy atom. The van der Waals surface area contributed by atoms with Crippen LogP contribution in [0, 0.1) is 6.92 Å². The highest BCUT2D eigenvalue weighted by atomic mass is 32.2. The molecule has 0 aliphatic rings. The van der Waals surface area contributed by atoms with E-state index in [1.807, 2.05) is 31.2 Å². The van der Waals surface area contributed by atoms with Gasteiger partial charge in [0.25, 0.3) is 0 Å². The van der Waals surface area contributed by atoms with Gasteiger partial charge in [0.2, 0.25) is 0 Å². The van der Waals surface area contributed by atoms with Crippen LogP contribution in [0.1, 0.15) is 11.1 Å². The van der Waals surface area contributed by atoms with Crippen LogP contribution >= 0.6 is 0 Å². The van der Waals surface area contributed by atoms with Crippen LogP contribution in [0.25, 0.3) is 0 Å². The molecule has 102 valence electrons. The van der Waals surface area contributed by atoms with Crippen molar-refractivity contribution in [2.75, 3.05) is 26.5 Å². The van der Waals surface area contributed by atoms with Crippen molar-refractivity contribution in [1.29, 1.82) is 0 Å². The van der Waals surface area contributed by atoms with E-state index in [0.29, 0.717) is 6.61 Å². The standard InChI is InChI=1S/C13H21NO3S/c1-11-5-4-6-12(7-11)9-18(15,16)10-13(14-2)8-17-3/h4-7,13-14H,8-10H2,1-3H3. The van der Waals surface area contributed by atoms with Crippen molar-refractivity contribution >= 4 is 9.84 Å². The van der Waals surface area contributed by atoms with Gasteiger partial charge in [0.05, 0.1) is 18.1 Å². The van der Waals surface area contributed by atoms with E-state index in [4.69, 9.17) is 4.74 Å². The third-order valence-electron chi connectivity index (χ3n) is 2.70. The number of rotatable bonds is 7. The van der Waals surface area contributed by atoms with Crippen molar-refractivity contribution in [3.05, 3.63) is 35.4 Å². The molecule has 0 bridgehead atoms. The summed E-state index contributed by atoms with van der Waals surface area (Å²) in [7, 11) is 0.182. The van der Waals surface area contributed by atoms with E-state index < -0.39 is 9.84 Å². The van der Waals surface area contributed by atoms with E-state index in [0.717, 1.165) is 11.1 Å². The van der Waals surface area contributed by atoms with Gasteiger partial charge >= 0.3 is 0 Å². The van der Waals surface area contributed by atoms with Gasteiger partial charge in [-0.25, -0.2) is 8.42 Å². The van der Waals surface area contributed by atoms with Crippen molar-refractivity contribution in [1.82, 2.24) is 5.32 Å². The maximum Gasteiger partial charge on any atom is 0.156 e. The number of sulfone groups is 1. The Hall–Kier alpha value is -0.910. The second kappa shape index (κ2) is 6.87. The lowest BCUT2D eigenvalue weighted by atomic mass is 10.2. The summed E-state index contributed by atoms with van der Waals surface area (Å²) in [4.78, 5) is 0. The summed E-state index contributed by atoms with van der Waals surface area (Å²) >= 11 is 0. The molecule has 0 saturated carbocycles. The van der Waals surface area contributed by atoms with Gasteiger partial charge in [-0.15, -0.1) is 0 Å². The van der Waals surface area contributed by atoms with Gasteiger partial charge in [0.1, 0.15) is 0 Å². The zero-order valence-electron chi connectivity index (χ0n) is 11.1. The van der Waals surface area contributed by atoms with Crippen molar-refractivity contribution in [3.63, 3.8) is 0 Å². The Kier molecular flexibility index (Phi) is 5.78. The van der Waals surface area contributed by atoms with Gasteiger partial charge in [-0.2, -0.15) is 0 Å². The lowest BCUT2D eigenvalue weighted by Gasteiger charge is -2.15. The molecule has 1 N–H and O–H groups in total. The normalized spacial score (nSPS) is 13.5. The van der Waals surface area contributed by atoms with Crippen molar-refractivity contribution in [2.45, 2.75) is 18.7 Å². The monoisotopic (exact) mass is 271 g/mol. The number of aryl methyl sites for hydroxylation is 1. The number of nitrogens with one attached hydrogen (secondary N) is 1. The highest BCUT2D eigenvalue weighted by molar-refractivity contribution is 7.90. The Bertz CT molecular complexity index is 471. The molecule has 1 aromatic carbocycles. The second-order valence-corrected chi connectivity index (χ2v) is 6.59. The van der Waals surface area contributed by atoms with E-state index in [1.54, 1.807) is 14.2 Å². The molecule has 0 aliphatic carbocycles. The molecule has 0 radical (unpaired) electrons. The molecule has 1 unspecified atom stereocenters. The zero-order valence-corrected chi connectivity index (χ0v) is 12.0. The predicted molar refractivity (Wildman–Crippen MR) is 73.4 cm³/mol. The van der Waals surface area contributed by atoms with Crippen LogP contribution in [-0.2, 0) is 20.3 Å². The number of hydrogen-bond donors (Lipinski definition) is 1. The Morgan fingerprint density at radius 1 is 1.39 bits per heavy atom. The van der Waals surface area contributed by atoms with E-state index in [-0.39, 0.29) is 17.5 Å². The fourth-order valence-electron chi connectivity index (χ4n) is 1.84. The zero-order chi connectivity index (χ0) is 13.6. The summed E-state index contributed by atoms with van der Waals surface area (Å²) in [5.74, 6) is 0.169. The fraction of sp³-hybridized carbons (Fsp3) is 0.538. The first-order valence-corrected chi connectivity index (χ1v) is 7.71. The van der Waals surface area contributed by atoms with E-state index in [9.17, 15) is 8.42 Å². The summed E-state index contributed by atoms with van der Waals surface area (Å²) in [6.45, 7) is 2.35. The molecule has 0 fully saturated rings. The number of benzene rings is 1. The lowest BCUT2D eigenvalue weighted by molar-refractivity contribution is 0.176.